The van der Waals surface area contributed by atoms with Crippen molar-refractivity contribution in [3.63, 3.8) is 0 Å². The quantitative estimate of drug-likeness (QED) is 0.761. The van der Waals surface area contributed by atoms with E-state index >= 15 is 0 Å². The molecule has 0 atom stereocenters. The third-order valence-corrected chi connectivity index (χ3v) is 3.77. The first kappa shape index (κ1) is 16.1. The molecule has 1 aromatic heterocycles. The number of carbonyl (C=O) groups is 4. The zero-order valence-corrected chi connectivity index (χ0v) is 12.6. The molecule has 1 fully saturated rings. The molecule has 1 aliphatic heterocycles. The summed E-state index contributed by atoms with van der Waals surface area (Å²) in [6.07, 6.45) is 1.36. The lowest BCUT2D eigenvalue weighted by molar-refractivity contribution is -0.126. The summed E-state index contributed by atoms with van der Waals surface area (Å²) in [5, 5.41) is 2.15. The molecule has 2 heterocycles. The Balaban J connectivity index is 1.68. The standard InChI is InChI=1S/C13H14N2O6S/c1-8-9(2-5-20-8)12(18)21-6-10(16)14-3-4-15-11(17)7-22-13(15)19/h2,5H,3-4,6-7H2,1H3,(H,14,16). The zero-order chi connectivity index (χ0) is 16.1. The Morgan fingerprint density at radius 1 is 1.45 bits per heavy atom. The van der Waals surface area contributed by atoms with Crippen molar-refractivity contribution in [3.05, 3.63) is 23.7 Å². The number of imide groups is 1. The van der Waals surface area contributed by atoms with Crippen LogP contribution in [0.3, 0.4) is 0 Å². The van der Waals surface area contributed by atoms with Crippen LogP contribution in [0.2, 0.25) is 0 Å². The van der Waals surface area contributed by atoms with Crippen LogP contribution in [0.25, 0.3) is 0 Å². The van der Waals surface area contributed by atoms with Crippen LogP contribution < -0.4 is 5.32 Å². The Morgan fingerprint density at radius 2 is 2.23 bits per heavy atom. The SMILES string of the molecule is Cc1occc1C(=O)OCC(=O)NCCN1C(=O)CSC1=O. The van der Waals surface area contributed by atoms with Gasteiger partial charge in [0.25, 0.3) is 11.1 Å². The van der Waals surface area contributed by atoms with Crippen molar-refractivity contribution in [1.29, 1.82) is 0 Å². The summed E-state index contributed by atoms with van der Waals surface area (Å²) in [6, 6.07) is 1.46. The van der Waals surface area contributed by atoms with Crippen LogP contribution in [-0.4, -0.2) is 53.4 Å². The van der Waals surface area contributed by atoms with Gasteiger partial charge in [0, 0.05) is 13.1 Å². The molecule has 9 heteroatoms. The van der Waals surface area contributed by atoms with E-state index in [4.69, 9.17) is 9.15 Å². The van der Waals surface area contributed by atoms with Gasteiger partial charge in [0.15, 0.2) is 6.61 Å². The van der Waals surface area contributed by atoms with Crippen molar-refractivity contribution in [2.45, 2.75) is 6.92 Å². The van der Waals surface area contributed by atoms with E-state index in [1.165, 1.54) is 12.3 Å². The first-order valence-electron chi connectivity index (χ1n) is 6.44. The molecule has 2 rings (SSSR count). The molecule has 0 aliphatic carbocycles. The Labute approximate surface area is 130 Å². The van der Waals surface area contributed by atoms with Crippen LogP contribution in [-0.2, 0) is 14.3 Å². The smallest absolute Gasteiger partial charge is 0.342 e. The predicted octanol–water partition coefficient (Wildman–Crippen LogP) is 0.556. The molecule has 1 aromatic rings. The molecule has 22 heavy (non-hydrogen) atoms. The van der Waals surface area contributed by atoms with Crippen molar-refractivity contribution in [2.75, 3.05) is 25.4 Å². The molecule has 118 valence electrons. The molecule has 0 unspecified atom stereocenters. The molecule has 0 aromatic carbocycles. The molecular weight excluding hydrogens is 312 g/mol. The van der Waals surface area contributed by atoms with E-state index in [1.807, 2.05) is 0 Å². The second-order valence-electron chi connectivity index (χ2n) is 4.42. The summed E-state index contributed by atoms with van der Waals surface area (Å²) in [4.78, 5) is 46.9. The number of furan rings is 1. The van der Waals surface area contributed by atoms with E-state index in [2.05, 4.69) is 5.32 Å². The van der Waals surface area contributed by atoms with Crippen LogP contribution in [0.5, 0.6) is 0 Å². The van der Waals surface area contributed by atoms with E-state index in [1.54, 1.807) is 6.92 Å². The number of esters is 1. The molecule has 1 saturated heterocycles. The molecule has 0 saturated carbocycles. The molecule has 0 spiro atoms. The molecule has 1 aliphatic rings. The van der Waals surface area contributed by atoms with Crippen LogP contribution >= 0.6 is 11.8 Å². The largest absolute Gasteiger partial charge is 0.469 e. The maximum atomic E-state index is 11.6. The average molecular weight is 326 g/mol. The number of nitrogens with zero attached hydrogens (tertiary/aromatic N) is 1. The summed E-state index contributed by atoms with van der Waals surface area (Å²) >= 11 is 0.933. The Kier molecular flexibility index (Phi) is 5.21. The molecule has 0 radical (unpaired) electrons. The molecule has 8 nitrogen and oxygen atoms in total. The van der Waals surface area contributed by atoms with Crippen molar-refractivity contribution >= 4 is 34.8 Å². The molecule has 1 N–H and O–H groups in total. The Hall–Kier alpha value is -2.29. The normalized spacial score (nSPS) is 14.3. The highest BCUT2D eigenvalue weighted by molar-refractivity contribution is 8.14. The number of hydrogen-bond acceptors (Lipinski definition) is 7. The number of ether oxygens (including phenoxy) is 1. The van der Waals surface area contributed by atoms with Gasteiger partial charge < -0.3 is 14.5 Å². The van der Waals surface area contributed by atoms with Crippen molar-refractivity contribution < 1.29 is 28.3 Å². The number of nitrogens with one attached hydrogen (secondary N) is 1. The van der Waals surface area contributed by atoms with Crippen molar-refractivity contribution in [2.24, 2.45) is 0 Å². The fourth-order valence-corrected chi connectivity index (χ4v) is 2.51. The maximum absolute atomic E-state index is 11.6. The van der Waals surface area contributed by atoms with Gasteiger partial charge in [-0.15, -0.1) is 0 Å². The van der Waals surface area contributed by atoms with E-state index in [-0.39, 0.29) is 35.6 Å². The molecule has 0 bridgehead atoms. The number of amides is 3. The van der Waals surface area contributed by atoms with Gasteiger partial charge in [-0.2, -0.15) is 0 Å². The summed E-state index contributed by atoms with van der Waals surface area (Å²) in [5.41, 5.74) is 0.262. The summed E-state index contributed by atoms with van der Waals surface area (Å²) in [6.45, 7) is 1.38. The highest BCUT2D eigenvalue weighted by Gasteiger charge is 2.29. The molecule has 3 amide bonds. The van der Waals surface area contributed by atoms with Gasteiger partial charge in [0.1, 0.15) is 11.3 Å². The van der Waals surface area contributed by atoms with Gasteiger partial charge in [-0.1, -0.05) is 11.8 Å². The lowest BCUT2D eigenvalue weighted by Crippen LogP contribution is -2.38. The minimum Gasteiger partial charge on any atom is -0.469 e. The molecular formula is C13H14N2O6S. The number of aryl methyl sites for hydroxylation is 1. The second-order valence-corrected chi connectivity index (χ2v) is 5.34. The topological polar surface area (TPSA) is 106 Å². The lowest BCUT2D eigenvalue weighted by atomic mass is 10.3. The fourth-order valence-electron chi connectivity index (χ4n) is 1.76. The third-order valence-electron chi connectivity index (χ3n) is 2.91. The van der Waals surface area contributed by atoms with Gasteiger partial charge in [0.05, 0.1) is 12.0 Å². The van der Waals surface area contributed by atoms with Crippen molar-refractivity contribution in [3.8, 4) is 0 Å². The number of rotatable bonds is 6. The zero-order valence-electron chi connectivity index (χ0n) is 11.8. The second kappa shape index (κ2) is 7.12. The van der Waals surface area contributed by atoms with E-state index < -0.39 is 18.5 Å². The summed E-state index contributed by atoms with van der Waals surface area (Å²) in [5.74, 6) is -0.891. The van der Waals surface area contributed by atoms with E-state index in [9.17, 15) is 19.2 Å². The first-order chi connectivity index (χ1) is 10.5. The number of carbonyl (C=O) groups excluding carboxylic acids is 4. The van der Waals surface area contributed by atoms with E-state index in [0.717, 1.165) is 16.7 Å². The first-order valence-corrected chi connectivity index (χ1v) is 7.42. The summed E-state index contributed by atoms with van der Waals surface area (Å²) in [7, 11) is 0. The lowest BCUT2D eigenvalue weighted by Gasteiger charge is -2.13. The minimum atomic E-state index is -0.650. The number of hydrogen-bond donors (Lipinski definition) is 1. The fraction of sp³-hybridized carbons (Fsp3) is 0.385. The Morgan fingerprint density at radius 3 is 2.82 bits per heavy atom. The van der Waals surface area contributed by atoms with Gasteiger partial charge in [-0.3, -0.25) is 19.3 Å². The third kappa shape index (κ3) is 3.88. The highest BCUT2D eigenvalue weighted by Crippen LogP contribution is 2.17. The highest BCUT2D eigenvalue weighted by atomic mass is 32.2. The van der Waals surface area contributed by atoms with Crippen LogP contribution in [0.15, 0.2) is 16.7 Å². The maximum Gasteiger partial charge on any atom is 0.342 e. The minimum absolute atomic E-state index is 0.102. The summed E-state index contributed by atoms with van der Waals surface area (Å²) < 4.78 is 9.79. The van der Waals surface area contributed by atoms with Gasteiger partial charge >= 0.3 is 5.97 Å². The Bertz CT molecular complexity index is 595. The van der Waals surface area contributed by atoms with Crippen molar-refractivity contribution in [1.82, 2.24) is 10.2 Å². The van der Waals surface area contributed by atoms with Crippen LogP contribution in [0.4, 0.5) is 4.79 Å². The van der Waals surface area contributed by atoms with Gasteiger partial charge in [-0.05, 0) is 13.0 Å². The monoisotopic (exact) mass is 326 g/mol. The van der Waals surface area contributed by atoms with Crippen LogP contribution in [0.1, 0.15) is 16.1 Å². The van der Waals surface area contributed by atoms with E-state index in [0.29, 0.717) is 5.76 Å². The van der Waals surface area contributed by atoms with Gasteiger partial charge in [-0.25, -0.2) is 4.79 Å². The van der Waals surface area contributed by atoms with Crippen LogP contribution in [0, 0.1) is 6.92 Å². The predicted molar refractivity (Wildman–Crippen MR) is 76.3 cm³/mol. The number of thioether (sulfide) groups is 1. The average Bonchev–Trinajstić information content (AvgIpc) is 3.04. The van der Waals surface area contributed by atoms with Gasteiger partial charge in [0.2, 0.25) is 5.91 Å².